The third-order valence-electron chi connectivity index (χ3n) is 4.67. The van der Waals surface area contributed by atoms with Gasteiger partial charge < -0.3 is 21.4 Å². The molecule has 8 nitrogen and oxygen atoms in total. The van der Waals surface area contributed by atoms with Crippen LogP contribution in [0.4, 0.5) is 0 Å². The molecular formula is C20H27N7O. The van der Waals surface area contributed by atoms with Crippen molar-refractivity contribution in [2.45, 2.75) is 26.3 Å². The van der Waals surface area contributed by atoms with Crippen molar-refractivity contribution in [3.63, 3.8) is 0 Å². The molecule has 0 aliphatic carbocycles. The fraction of sp³-hybridized carbons (Fsp3) is 0.350. The quantitative estimate of drug-likeness (QED) is 0.282. The van der Waals surface area contributed by atoms with Crippen molar-refractivity contribution in [3.05, 3.63) is 58.3 Å². The number of aliphatic imine (C=N–C) groups is 1. The maximum atomic E-state index is 12.3. The molecule has 0 aliphatic heterocycles. The highest BCUT2D eigenvalue weighted by molar-refractivity contribution is 5.77. The van der Waals surface area contributed by atoms with Gasteiger partial charge in [0, 0.05) is 36.9 Å². The molecule has 0 fully saturated rings. The molecule has 0 saturated heterocycles. The number of aromatic nitrogens is 3. The Morgan fingerprint density at radius 1 is 1.32 bits per heavy atom. The van der Waals surface area contributed by atoms with Crippen LogP contribution in [-0.2, 0) is 0 Å². The number of nitrogens with zero attached hydrogens (tertiary/aromatic N) is 3. The summed E-state index contributed by atoms with van der Waals surface area (Å²) in [4.78, 5) is 23.4. The Morgan fingerprint density at radius 2 is 2.07 bits per heavy atom. The Morgan fingerprint density at radius 3 is 2.79 bits per heavy atom. The van der Waals surface area contributed by atoms with E-state index in [1.807, 2.05) is 43.5 Å². The fourth-order valence-electron chi connectivity index (χ4n) is 3.06. The van der Waals surface area contributed by atoms with Crippen LogP contribution in [0.5, 0.6) is 0 Å². The van der Waals surface area contributed by atoms with Gasteiger partial charge in [0.25, 0.3) is 0 Å². The summed E-state index contributed by atoms with van der Waals surface area (Å²) in [6, 6.07) is 10.1. The smallest absolute Gasteiger partial charge is 0.354 e. The monoisotopic (exact) mass is 381 g/mol. The summed E-state index contributed by atoms with van der Waals surface area (Å²) in [7, 11) is 1.66. The van der Waals surface area contributed by atoms with Crippen molar-refractivity contribution in [2.24, 2.45) is 10.7 Å². The van der Waals surface area contributed by atoms with E-state index in [4.69, 9.17) is 5.73 Å². The summed E-state index contributed by atoms with van der Waals surface area (Å²) in [5.74, 6) is 0.460. The second kappa shape index (κ2) is 8.71. The van der Waals surface area contributed by atoms with Gasteiger partial charge >= 0.3 is 5.69 Å². The molecular weight excluding hydrogens is 354 g/mol. The Balaban J connectivity index is 1.63. The molecule has 0 unspecified atom stereocenters. The summed E-state index contributed by atoms with van der Waals surface area (Å²) in [6.45, 7) is 5.70. The Bertz CT molecular complexity index is 1020. The van der Waals surface area contributed by atoms with Crippen LogP contribution in [0.15, 0.2) is 46.3 Å². The highest BCUT2D eigenvalue weighted by Crippen LogP contribution is 2.17. The molecule has 2 aromatic heterocycles. The van der Waals surface area contributed by atoms with E-state index in [1.54, 1.807) is 11.6 Å². The topological polar surface area (TPSA) is 113 Å². The third-order valence-corrected chi connectivity index (χ3v) is 4.67. The van der Waals surface area contributed by atoms with Gasteiger partial charge in [0.2, 0.25) is 0 Å². The van der Waals surface area contributed by atoms with E-state index in [2.05, 4.69) is 32.5 Å². The van der Waals surface area contributed by atoms with Gasteiger partial charge in [-0.3, -0.25) is 9.56 Å². The average Bonchev–Trinajstić information content (AvgIpc) is 3.05. The zero-order valence-corrected chi connectivity index (χ0v) is 16.5. The fourth-order valence-corrected chi connectivity index (χ4v) is 3.06. The SMILES string of the molecule is C/N=C(/N)NCCCN[C@@H](C)c1ccc(-n2cc3cc(C)[nH]c3nc2=O)cc1. The van der Waals surface area contributed by atoms with E-state index in [-0.39, 0.29) is 11.7 Å². The molecule has 3 rings (SSSR count). The third kappa shape index (κ3) is 4.58. The summed E-state index contributed by atoms with van der Waals surface area (Å²) in [6.07, 6.45) is 2.76. The number of rotatable bonds is 7. The molecule has 0 amide bonds. The predicted molar refractivity (Wildman–Crippen MR) is 113 cm³/mol. The lowest BCUT2D eigenvalue weighted by atomic mass is 10.1. The van der Waals surface area contributed by atoms with Crippen LogP contribution in [0.2, 0.25) is 0 Å². The van der Waals surface area contributed by atoms with E-state index in [9.17, 15) is 4.79 Å². The summed E-state index contributed by atoms with van der Waals surface area (Å²) < 4.78 is 1.57. The molecule has 3 aromatic rings. The second-order valence-electron chi connectivity index (χ2n) is 6.81. The minimum absolute atomic E-state index is 0.205. The number of guanidine groups is 1. The van der Waals surface area contributed by atoms with Gasteiger partial charge in [-0.05, 0) is 50.6 Å². The lowest BCUT2D eigenvalue weighted by Gasteiger charge is -2.15. The number of aryl methyl sites for hydroxylation is 1. The summed E-state index contributed by atoms with van der Waals surface area (Å²) in [5.41, 5.74) is 8.86. The van der Waals surface area contributed by atoms with E-state index in [0.717, 1.165) is 41.8 Å². The molecule has 2 heterocycles. The molecule has 0 radical (unpaired) electrons. The van der Waals surface area contributed by atoms with Crippen LogP contribution in [0.25, 0.3) is 16.7 Å². The number of benzene rings is 1. The van der Waals surface area contributed by atoms with Gasteiger partial charge in [0.1, 0.15) is 5.65 Å². The molecule has 0 spiro atoms. The molecule has 5 N–H and O–H groups in total. The standard InChI is InChI=1S/C20H27N7O/c1-13-11-16-12-27(20(28)26-18(16)25-13)17-7-5-15(6-8-17)14(2)23-9-4-10-24-19(21)22-3/h5-8,11-12,14,23H,4,9-10H2,1-3H3,(H3,21,22,24)(H,25,26,28)/t14-/m0/s1. The highest BCUT2D eigenvalue weighted by atomic mass is 16.1. The second-order valence-corrected chi connectivity index (χ2v) is 6.81. The number of H-pyrrole nitrogens is 1. The normalized spacial score (nSPS) is 13.0. The van der Waals surface area contributed by atoms with Crippen molar-refractivity contribution in [3.8, 4) is 5.69 Å². The Labute approximate surface area is 163 Å². The van der Waals surface area contributed by atoms with Crippen LogP contribution >= 0.6 is 0 Å². The summed E-state index contributed by atoms with van der Waals surface area (Å²) in [5, 5.41) is 7.44. The van der Waals surface area contributed by atoms with Crippen LogP contribution in [0, 0.1) is 6.92 Å². The van der Waals surface area contributed by atoms with Crippen LogP contribution in [0.1, 0.15) is 30.6 Å². The van der Waals surface area contributed by atoms with Gasteiger partial charge in [-0.15, -0.1) is 0 Å². The van der Waals surface area contributed by atoms with E-state index in [0.29, 0.717) is 11.6 Å². The minimum atomic E-state index is -0.296. The first-order valence-corrected chi connectivity index (χ1v) is 9.37. The van der Waals surface area contributed by atoms with E-state index >= 15 is 0 Å². The maximum absolute atomic E-state index is 12.3. The number of nitrogens with two attached hydrogens (primary N) is 1. The Hall–Kier alpha value is -3.13. The zero-order chi connectivity index (χ0) is 20.1. The molecule has 8 heteroatoms. The van der Waals surface area contributed by atoms with Crippen LogP contribution in [-0.4, -0.2) is 40.6 Å². The van der Waals surface area contributed by atoms with Crippen molar-refractivity contribution in [1.29, 1.82) is 0 Å². The van der Waals surface area contributed by atoms with Gasteiger partial charge in [-0.2, -0.15) is 4.98 Å². The lowest BCUT2D eigenvalue weighted by molar-refractivity contribution is 0.555. The van der Waals surface area contributed by atoms with Gasteiger partial charge in [0.15, 0.2) is 5.96 Å². The van der Waals surface area contributed by atoms with Crippen molar-refractivity contribution in [1.82, 2.24) is 25.2 Å². The lowest BCUT2D eigenvalue weighted by Crippen LogP contribution is -2.33. The largest absolute Gasteiger partial charge is 0.370 e. The first-order valence-electron chi connectivity index (χ1n) is 9.37. The van der Waals surface area contributed by atoms with Crippen LogP contribution < -0.4 is 22.1 Å². The van der Waals surface area contributed by atoms with E-state index in [1.165, 1.54) is 0 Å². The van der Waals surface area contributed by atoms with Gasteiger partial charge in [0.05, 0.1) is 5.69 Å². The first-order chi connectivity index (χ1) is 13.5. The first kappa shape index (κ1) is 19.6. The predicted octanol–water partition coefficient (Wildman–Crippen LogP) is 1.60. The summed E-state index contributed by atoms with van der Waals surface area (Å²) >= 11 is 0. The average molecular weight is 381 g/mol. The number of hydrogen-bond donors (Lipinski definition) is 4. The number of nitrogens with one attached hydrogen (secondary N) is 3. The molecule has 0 saturated carbocycles. The maximum Gasteiger partial charge on any atom is 0.354 e. The van der Waals surface area contributed by atoms with Gasteiger partial charge in [-0.1, -0.05) is 12.1 Å². The molecule has 0 bridgehead atoms. The van der Waals surface area contributed by atoms with Crippen molar-refractivity contribution < 1.29 is 0 Å². The zero-order valence-electron chi connectivity index (χ0n) is 16.5. The van der Waals surface area contributed by atoms with Crippen molar-refractivity contribution in [2.75, 3.05) is 20.1 Å². The van der Waals surface area contributed by atoms with Crippen LogP contribution in [0.3, 0.4) is 0 Å². The molecule has 0 aliphatic rings. The molecule has 148 valence electrons. The van der Waals surface area contributed by atoms with Gasteiger partial charge in [-0.25, -0.2) is 4.79 Å². The highest BCUT2D eigenvalue weighted by Gasteiger charge is 2.08. The molecule has 1 atom stereocenters. The molecule has 28 heavy (non-hydrogen) atoms. The Kier molecular flexibility index (Phi) is 6.10. The molecule has 1 aromatic carbocycles. The number of aromatic amines is 1. The van der Waals surface area contributed by atoms with Crippen molar-refractivity contribution >= 4 is 17.0 Å². The number of fused-ring (bicyclic) bond motifs is 1. The number of hydrogen-bond acceptors (Lipinski definition) is 4. The van der Waals surface area contributed by atoms with E-state index < -0.39 is 0 Å². The minimum Gasteiger partial charge on any atom is -0.370 e.